The van der Waals surface area contributed by atoms with E-state index in [0.717, 1.165) is 28.9 Å². The highest BCUT2D eigenvalue weighted by molar-refractivity contribution is 6.33. The monoisotopic (exact) mass is 441 g/mol. The van der Waals surface area contributed by atoms with Crippen LogP contribution in [-0.2, 0) is 17.6 Å². The quantitative estimate of drug-likeness (QED) is 0.580. The lowest BCUT2D eigenvalue weighted by atomic mass is 9.95. The Labute approximate surface area is 185 Å². The van der Waals surface area contributed by atoms with Gasteiger partial charge in [-0.05, 0) is 52.6 Å². The molecule has 0 bridgehead atoms. The number of fused-ring (bicyclic) bond motifs is 1. The minimum absolute atomic E-state index is 0.223. The summed E-state index contributed by atoms with van der Waals surface area (Å²) in [6.07, 6.45) is -0.157. The number of nitrogens with one attached hydrogen (secondary N) is 1. The van der Waals surface area contributed by atoms with Crippen molar-refractivity contribution < 1.29 is 14.6 Å². The minimum Gasteiger partial charge on any atom is -0.493 e. The smallest absolute Gasteiger partial charge is 0.249 e. The fourth-order valence-corrected chi connectivity index (χ4v) is 4.04. The Balaban J connectivity index is 1.63. The molecule has 1 aliphatic heterocycles. The number of hydrogen-bond donors (Lipinski definition) is 2. The van der Waals surface area contributed by atoms with E-state index in [1.807, 2.05) is 48.5 Å². The predicted octanol–water partition coefficient (Wildman–Crippen LogP) is 4.74. The van der Waals surface area contributed by atoms with Gasteiger partial charge in [-0.25, -0.2) is 0 Å². The Morgan fingerprint density at radius 3 is 2.67 bits per heavy atom. The van der Waals surface area contributed by atoms with Crippen molar-refractivity contribution in [3.05, 3.63) is 99.0 Å². The molecule has 0 aliphatic carbocycles. The summed E-state index contributed by atoms with van der Waals surface area (Å²) in [5.41, 5.74) is 3.48. The summed E-state index contributed by atoms with van der Waals surface area (Å²) < 4.78 is 5.59. The zero-order valence-corrected chi connectivity index (χ0v) is 17.7. The van der Waals surface area contributed by atoms with E-state index in [9.17, 15) is 9.90 Å². The van der Waals surface area contributed by atoms with Crippen LogP contribution in [0.1, 0.15) is 28.3 Å². The van der Waals surface area contributed by atoms with Gasteiger partial charge in [-0.15, -0.1) is 0 Å². The number of benzene rings is 3. The molecule has 3 aromatic carbocycles. The van der Waals surface area contributed by atoms with Crippen molar-refractivity contribution in [3.8, 4) is 5.75 Å². The topological polar surface area (TPSA) is 58.6 Å². The van der Waals surface area contributed by atoms with Gasteiger partial charge >= 0.3 is 0 Å². The van der Waals surface area contributed by atoms with Gasteiger partial charge in [0.1, 0.15) is 11.9 Å². The van der Waals surface area contributed by atoms with Gasteiger partial charge in [0.05, 0.1) is 12.6 Å². The maximum Gasteiger partial charge on any atom is 0.249 e. The maximum atomic E-state index is 12.9. The highest BCUT2D eigenvalue weighted by Gasteiger charge is 2.25. The zero-order valence-electron chi connectivity index (χ0n) is 16.1. The summed E-state index contributed by atoms with van der Waals surface area (Å²) in [5, 5.41) is 14.5. The number of aliphatic hydroxyl groups is 1. The lowest BCUT2D eigenvalue weighted by Gasteiger charge is -2.23. The van der Waals surface area contributed by atoms with E-state index in [-0.39, 0.29) is 6.42 Å². The van der Waals surface area contributed by atoms with Crippen LogP contribution in [0.5, 0.6) is 5.75 Å². The van der Waals surface area contributed by atoms with Crippen LogP contribution in [0.25, 0.3) is 0 Å². The van der Waals surface area contributed by atoms with Crippen LogP contribution in [0, 0.1) is 0 Å². The molecule has 2 N–H and O–H groups in total. The van der Waals surface area contributed by atoms with E-state index < -0.39 is 18.1 Å². The molecule has 0 fully saturated rings. The normalized spacial score (nSPS) is 14.5. The van der Waals surface area contributed by atoms with Gasteiger partial charge in [0.2, 0.25) is 5.91 Å². The summed E-state index contributed by atoms with van der Waals surface area (Å²) in [6.45, 7) is 0.642. The van der Waals surface area contributed by atoms with Crippen molar-refractivity contribution in [2.45, 2.75) is 25.0 Å². The Kier molecular flexibility index (Phi) is 6.28. The van der Waals surface area contributed by atoms with Crippen molar-refractivity contribution in [3.63, 3.8) is 0 Å². The fourth-order valence-electron chi connectivity index (χ4n) is 3.63. The molecule has 4 rings (SSSR count). The number of rotatable bonds is 6. The lowest BCUT2D eigenvalue weighted by molar-refractivity contribution is -0.129. The number of halogens is 2. The average Bonchev–Trinajstić information content (AvgIpc) is 3.22. The van der Waals surface area contributed by atoms with Crippen LogP contribution in [0.15, 0.2) is 66.7 Å². The molecule has 30 heavy (non-hydrogen) atoms. The van der Waals surface area contributed by atoms with Gasteiger partial charge in [0, 0.05) is 22.9 Å². The third-order valence-electron chi connectivity index (χ3n) is 5.18. The fraction of sp³-hybridized carbons (Fsp3) is 0.208. The van der Waals surface area contributed by atoms with E-state index >= 15 is 0 Å². The van der Waals surface area contributed by atoms with E-state index in [4.69, 9.17) is 27.9 Å². The largest absolute Gasteiger partial charge is 0.493 e. The standard InChI is InChI=1S/C24H21Cl2NO3/c25-18-7-8-20(26)19(14-18)23(17-6-9-22-16(13-17)10-11-30-22)27-24(29)21(28)12-15-4-2-1-3-5-15/h1-9,13-14,21,23,28H,10-12H2,(H,27,29). The molecule has 0 saturated heterocycles. The Hall–Kier alpha value is -2.53. The summed E-state index contributed by atoms with van der Waals surface area (Å²) in [5.74, 6) is 0.377. The molecule has 3 aromatic rings. The van der Waals surface area contributed by atoms with Gasteiger partial charge in [-0.2, -0.15) is 0 Å². The molecular formula is C24H21Cl2NO3. The van der Waals surface area contributed by atoms with Crippen LogP contribution >= 0.6 is 23.2 Å². The molecular weight excluding hydrogens is 421 g/mol. The summed E-state index contributed by atoms with van der Waals surface area (Å²) in [4.78, 5) is 12.9. The Morgan fingerprint density at radius 2 is 1.87 bits per heavy atom. The van der Waals surface area contributed by atoms with Crippen molar-refractivity contribution in [1.82, 2.24) is 5.32 Å². The molecule has 154 valence electrons. The van der Waals surface area contributed by atoms with Crippen LogP contribution in [0.4, 0.5) is 0 Å². The maximum absolute atomic E-state index is 12.9. The number of aliphatic hydroxyl groups excluding tert-OH is 1. The van der Waals surface area contributed by atoms with Gasteiger partial charge < -0.3 is 15.2 Å². The first-order valence-electron chi connectivity index (χ1n) is 9.74. The molecule has 0 aromatic heterocycles. The first-order chi connectivity index (χ1) is 14.5. The Morgan fingerprint density at radius 1 is 1.07 bits per heavy atom. The van der Waals surface area contributed by atoms with Gasteiger partial charge in [0.15, 0.2) is 0 Å². The third kappa shape index (κ3) is 4.62. The molecule has 1 amide bonds. The van der Waals surface area contributed by atoms with Crippen molar-refractivity contribution >= 4 is 29.1 Å². The molecule has 1 heterocycles. The lowest BCUT2D eigenvalue weighted by Crippen LogP contribution is -2.38. The first-order valence-corrected chi connectivity index (χ1v) is 10.5. The predicted molar refractivity (Wildman–Crippen MR) is 118 cm³/mol. The molecule has 1 aliphatic rings. The number of carbonyl (C=O) groups is 1. The van der Waals surface area contributed by atoms with Gasteiger partial charge in [0.25, 0.3) is 0 Å². The second-order valence-electron chi connectivity index (χ2n) is 7.28. The minimum atomic E-state index is -1.19. The van der Waals surface area contributed by atoms with Crippen molar-refractivity contribution in [2.24, 2.45) is 0 Å². The van der Waals surface area contributed by atoms with Crippen LogP contribution in [-0.4, -0.2) is 23.7 Å². The van der Waals surface area contributed by atoms with Gasteiger partial charge in [-0.3, -0.25) is 4.79 Å². The van der Waals surface area contributed by atoms with Crippen molar-refractivity contribution in [2.75, 3.05) is 6.61 Å². The molecule has 6 heteroatoms. The molecule has 4 nitrogen and oxygen atoms in total. The third-order valence-corrected chi connectivity index (χ3v) is 5.76. The summed E-state index contributed by atoms with van der Waals surface area (Å²) >= 11 is 12.7. The van der Waals surface area contributed by atoms with Crippen LogP contribution in [0.2, 0.25) is 10.0 Å². The average molecular weight is 442 g/mol. The highest BCUT2D eigenvalue weighted by Crippen LogP contribution is 2.34. The molecule has 2 atom stereocenters. The van der Waals surface area contributed by atoms with Crippen molar-refractivity contribution in [1.29, 1.82) is 0 Å². The first kappa shape index (κ1) is 20.7. The SMILES string of the molecule is O=C(NC(c1ccc2c(c1)CCO2)c1cc(Cl)ccc1Cl)C(O)Cc1ccccc1. The van der Waals surface area contributed by atoms with E-state index in [1.165, 1.54) is 0 Å². The van der Waals surface area contributed by atoms with Gasteiger partial charge in [-0.1, -0.05) is 59.6 Å². The second-order valence-corrected chi connectivity index (χ2v) is 8.12. The van der Waals surface area contributed by atoms with Crippen LogP contribution in [0.3, 0.4) is 0 Å². The Bertz CT molecular complexity index is 1060. The number of amides is 1. The number of carbonyl (C=O) groups excluding carboxylic acids is 1. The summed E-state index contributed by atoms with van der Waals surface area (Å²) in [6, 6.07) is 19.8. The number of ether oxygens (including phenoxy) is 1. The molecule has 0 spiro atoms. The van der Waals surface area contributed by atoms with E-state index in [1.54, 1.807) is 18.2 Å². The summed E-state index contributed by atoms with van der Waals surface area (Å²) in [7, 11) is 0. The molecule has 0 saturated carbocycles. The molecule has 2 unspecified atom stereocenters. The van der Waals surface area contributed by atoms with Crippen LogP contribution < -0.4 is 10.1 Å². The number of hydrogen-bond acceptors (Lipinski definition) is 3. The highest BCUT2D eigenvalue weighted by atomic mass is 35.5. The zero-order chi connectivity index (χ0) is 21.1. The van der Waals surface area contributed by atoms with E-state index in [2.05, 4.69) is 5.32 Å². The second kappa shape index (κ2) is 9.09. The molecule has 0 radical (unpaired) electrons. The van der Waals surface area contributed by atoms with E-state index in [0.29, 0.717) is 22.2 Å².